The van der Waals surface area contributed by atoms with Gasteiger partial charge in [-0.05, 0) is 42.3 Å². The zero-order chi connectivity index (χ0) is 19.4. The first-order valence-electron chi connectivity index (χ1n) is 8.46. The van der Waals surface area contributed by atoms with E-state index in [9.17, 15) is 10.1 Å². The largest absolute Gasteiger partial charge is 0.397 e. The van der Waals surface area contributed by atoms with E-state index in [0.717, 1.165) is 16.8 Å². The number of para-hydroxylation sites is 1. The molecule has 136 valence electrons. The summed E-state index contributed by atoms with van der Waals surface area (Å²) in [5.74, 6) is -0.219. The molecule has 0 fully saturated rings. The number of aryl methyl sites for hydroxylation is 1. The second-order valence-electron chi connectivity index (χ2n) is 6.30. The molecule has 3 N–H and O–H groups in total. The van der Waals surface area contributed by atoms with Gasteiger partial charge in [-0.2, -0.15) is 5.26 Å². The lowest BCUT2D eigenvalue weighted by molar-refractivity contribution is -0.116. The van der Waals surface area contributed by atoms with Gasteiger partial charge in [-0.3, -0.25) is 4.79 Å². The molecule has 1 aromatic heterocycles. The molecule has 0 aliphatic heterocycles. The maximum absolute atomic E-state index is 12.6. The van der Waals surface area contributed by atoms with Crippen molar-refractivity contribution in [1.29, 1.82) is 5.26 Å². The monoisotopic (exact) mass is 378 g/mol. The van der Waals surface area contributed by atoms with E-state index >= 15 is 0 Å². The quantitative estimate of drug-likeness (QED) is 0.700. The van der Waals surface area contributed by atoms with Crippen molar-refractivity contribution in [2.24, 2.45) is 0 Å². The average Bonchev–Trinajstić information content (AvgIpc) is 2.92. The molecule has 0 unspecified atom stereocenters. The minimum Gasteiger partial charge on any atom is -0.397 e. The number of carbonyl (C=O) groups is 1. The number of nitriles is 1. The number of anilines is 2. The van der Waals surface area contributed by atoms with E-state index in [1.54, 1.807) is 16.7 Å². The Labute approximate surface area is 163 Å². The van der Waals surface area contributed by atoms with Crippen molar-refractivity contribution < 1.29 is 4.79 Å². The molecule has 2 aromatic carbocycles. The van der Waals surface area contributed by atoms with Crippen LogP contribution in [0.4, 0.5) is 11.4 Å². The number of hydrogen-bond acceptors (Lipinski definition) is 3. The average molecular weight is 379 g/mol. The van der Waals surface area contributed by atoms with E-state index in [0.29, 0.717) is 28.5 Å². The molecular formula is C21H19ClN4O. The number of carbonyl (C=O) groups excluding carboxylic acids is 1. The normalized spacial score (nSPS) is 10.4. The Bertz CT molecular complexity index is 1030. The molecule has 1 amide bonds. The summed E-state index contributed by atoms with van der Waals surface area (Å²) < 4.78 is 1.66. The highest BCUT2D eigenvalue weighted by atomic mass is 35.5. The summed E-state index contributed by atoms with van der Waals surface area (Å²) in [4.78, 5) is 12.6. The number of nitrogen functional groups attached to an aromatic ring is 1. The minimum atomic E-state index is -0.219. The molecule has 3 rings (SSSR count). The van der Waals surface area contributed by atoms with E-state index < -0.39 is 0 Å². The van der Waals surface area contributed by atoms with Gasteiger partial charge in [0.2, 0.25) is 5.91 Å². The van der Waals surface area contributed by atoms with Crippen molar-refractivity contribution in [2.75, 3.05) is 11.1 Å². The van der Waals surface area contributed by atoms with E-state index in [1.165, 1.54) is 0 Å². The van der Waals surface area contributed by atoms with Crippen molar-refractivity contribution in [3.63, 3.8) is 0 Å². The Kier molecular flexibility index (Phi) is 5.49. The van der Waals surface area contributed by atoms with Crippen molar-refractivity contribution in [1.82, 2.24) is 4.57 Å². The minimum absolute atomic E-state index is 0.00429. The van der Waals surface area contributed by atoms with E-state index in [1.807, 2.05) is 49.4 Å². The molecule has 3 aromatic rings. The van der Waals surface area contributed by atoms with E-state index in [-0.39, 0.29) is 12.5 Å². The van der Waals surface area contributed by atoms with Gasteiger partial charge in [-0.1, -0.05) is 41.9 Å². The highest BCUT2D eigenvalue weighted by molar-refractivity contribution is 6.30. The van der Waals surface area contributed by atoms with E-state index in [2.05, 4.69) is 11.4 Å². The van der Waals surface area contributed by atoms with Gasteiger partial charge in [0.05, 0.1) is 5.69 Å². The fourth-order valence-corrected chi connectivity index (χ4v) is 3.18. The van der Waals surface area contributed by atoms with Crippen LogP contribution >= 0.6 is 11.6 Å². The fourth-order valence-electron chi connectivity index (χ4n) is 2.97. The van der Waals surface area contributed by atoms with Gasteiger partial charge in [0.25, 0.3) is 0 Å². The van der Waals surface area contributed by atoms with Crippen LogP contribution in [-0.2, 0) is 17.8 Å². The first-order valence-corrected chi connectivity index (χ1v) is 8.83. The molecule has 0 bridgehead atoms. The smallest absolute Gasteiger partial charge is 0.244 e. The van der Waals surface area contributed by atoms with Crippen LogP contribution in [0.15, 0.2) is 54.6 Å². The van der Waals surface area contributed by atoms with Gasteiger partial charge in [0.15, 0.2) is 0 Å². The Morgan fingerprint density at radius 2 is 2.00 bits per heavy atom. The summed E-state index contributed by atoms with van der Waals surface area (Å²) >= 11 is 6.06. The summed E-state index contributed by atoms with van der Waals surface area (Å²) in [5, 5.41) is 12.9. The summed E-state index contributed by atoms with van der Waals surface area (Å²) in [7, 11) is 0. The topological polar surface area (TPSA) is 83.8 Å². The number of halogens is 1. The lowest BCUT2D eigenvalue weighted by Gasteiger charge is -2.13. The van der Waals surface area contributed by atoms with Crippen LogP contribution < -0.4 is 11.1 Å². The molecule has 0 saturated carbocycles. The number of nitrogens with one attached hydrogen (secondary N) is 1. The fraction of sp³-hybridized carbons (Fsp3) is 0.143. The number of aromatic nitrogens is 1. The molecular weight excluding hydrogens is 360 g/mol. The molecule has 0 aliphatic rings. The molecule has 0 atom stereocenters. The Hall–Kier alpha value is -3.23. The van der Waals surface area contributed by atoms with Gasteiger partial charge in [0.1, 0.15) is 18.3 Å². The third-order valence-electron chi connectivity index (χ3n) is 4.34. The summed E-state index contributed by atoms with van der Waals surface area (Å²) in [6.07, 6.45) is 0.478. The second-order valence-corrected chi connectivity index (χ2v) is 6.74. The first-order chi connectivity index (χ1) is 13.0. The summed E-state index contributed by atoms with van der Waals surface area (Å²) in [5.41, 5.74) is 10.3. The summed E-state index contributed by atoms with van der Waals surface area (Å²) in [6.45, 7) is 1.93. The van der Waals surface area contributed by atoms with Crippen molar-refractivity contribution in [2.45, 2.75) is 19.9 Å². The summed E-state index contributed by atoms with van der Waals surface area (Å²) in [6, 6.07) is 18.7. The van der Waals surface area contributed by atoms with Crippen LogP contribution in [0.2, 0.25) is 5.02 Å². The number of amides is 1. The standard InChI is InChI=1S/C21H19ClN4O/c1-14-5-2-3-8-19(14)25-21(27)13-26-17(12-23)11-18(24)20(26)10-15-6-4-7-16(22)9-15/h2-9,11H,10,13,24H2,1H3,(H,25,27). The predicted octanol–water partition coefficient (Wildman–Crippen LogP) is 4.13. The van der Waals surface area contributed by atoms with Crippen LogP contribution in [0.5, 0.6) is 0 Å². The second kappa shape index (κ2) is 7.98. The molecule has 1 heterocycles. The van der Waals surface area contributed by atoms with Gasteiger partial charge in [-0.25, -0.2) is 0 Å². The lowest BCUT2D eigenvalue weighted by Crippen LogP contribution is -2.21. The Balaban J connectivity index is 1.87. The molecule has 5 nitrogen and oxygen atoms in total. The number of nitrogens with two attached hydrogens (primary N) is 1. The van der Waals surface area contributed by atoms with Gasteiger partial charge >= 0.3 is 0 Å². The van der Waals surface area contributed by atoms with Gasteiger partial charge in [-0.15, -0.1) is 0 Å². The highest BCUT2D eigenvalue weighted by Gasteiger charge is 2.17. The van der Waals surface area contributed by atoms with Crippen LogP contribution in [0.1, 0.15) is 22.5 Å². The first kappa shape index (κ1) is 18.6. The predicted molar refractivity (Wildman–Crippen MR) is 108 cm³/mol. The van der Waals surface area contributed by atoms with Crippen molar-refractivity contribution in [3.8, 4) is 6.07 Å². The van der Waals surface area contributed by atoms with Gasteiger partial charge < -0.3 is 15.6 Å². The SMILES string of the molecule is Cc1ccccc1NC(=O)Cn1c(C#N)cc(N)c1Cc1cccc(Cl)c1. The third kappa shape index (κ3) is 4.30. The van der Waals surface area contributed by atoms with Crippen LogP contribution in [-0.4, -0.2) is 10.5 Å². The lowest BCUT2D eigenvalue weighted by atomic mass is 10.1. The number of hydrogen-bond donors (Lipinski definition) is 2. The number of rotatable bonds is 5. The Morgan fingerprint density at radius 1 is 1.22 bits per heavy atom. The third-order valence-corrected chi connectivity index (χ3v) is 4.57. The van der Waals surface area contributed by atoms with Crippen molar-refractivity contribution in [3.05, 3.63) is 82.1 Å². The molecule has 0 radical (unpaired) electrons. The number of benzene rings is 2. The van der Waals surface area contributed by atoms with E-state index in [4.69, 9.17) is 17.3 Å². The van der Waals surface area contributed by atoms with Crippen LogP contribution in [0.3, 0.4) is 0 Å². The highest BCUT2D eigenvalue weighted by Crippen LogP contribution is 2.23. The van der Waals surface area contributed by atoms with Crippen LogP contribution in [0.25, 0.3) is 0 Å². The Morgan fingerprint density at radius 3 is 2.70 bits per heavy atom. The molecule has 0 spiro atoms. The molecule has 0 aliphatic carbocycles. The van der Waals surface area contributed by atoms with Crippen LogP contribution in [0, 0.1) is 18.3 Å². The zero-order valence-corrected chi connectivity index (χ0v) is 15.6. The maximum atomic E-state index is 12.6. The zero-order valence-electron chi connectivity index (χ0n) is 14.9. The molecule has 6 heteroatoms. The van der Waals surface area contributed by atoms with Crippen molar-refractivity contribution >= 4 is 28.9 Å². The van der Waals surface area contributed by atoms with Gasteiger partial charge in [0, 0.05) is 22.8 Å². The number of nitrogens with zero attached hydrogens (tertiary/aromatic N) is 2. The molecule has 0 saturated heterocycles. The maximum Gasteiger partial charge on any atom is 0.244 e. The molecule has 27 heavy (non-hydrogen) atoms.